The molecular weight excluding hydrogens is 572 g/mol. The number of halogens is 2. The third kappa shape index (κ3) is 2.95. The van der Waals surface area contributed by atoms with Crippen LogP contribution in [0.2, 0.25) is 0 Å². The van der Waals surface area contributed by atoms with Crippen LogP contribution in [-0.2, 0) is 20.2 Å². The number of para-hydroxylation sites is 2. The highest BCUT2D eigenvalue weighted by atomic mass is 79.9. The number of phenols is 1. The van der Waals surface area contributed by atoms with Crippen molar-refractivity contribution in [2.75, 3.05) is 18.2 Å². The van der Waals surface area contributed by atoms with Gasteiger partial charge in [0.05, 0.1) is 11.8 Å². The molecule has 33 heavy (non-hydrogen) atoms. The first-order chi connectivity index (χ1) is 15.6. The van der Waals surface area contributed by atoms with Crippen LogP contribution in [0, 0.1) is 0 Å². The predicted molar refractivity (Wildman–Crippen MR) is 135 cm³/mol. The number of anilines is 1. The van der Waals surface area contributed by atoms with E-state index < -0.39 is 15.4 Å². The van der Waals surface area contributed by atoms with Crippen molar-refractivity contribution < 1.29 is 18.3 Å². The topological polar surface area (TPSA) is 79.6 Å². The molecule has 1 aliphatic heterocycles. The molecule has 9 heteroatoms. The summed E-state index contributed by atoms with van der Waals surface area (Å²) in [7, 11) is -2.05. The van der Waals surface area contributed by atoms with Gasteiger partial charge in [-0.2, -0.15) is 0 Å². The molecule has 168 valence electrons. The van der Waals surface area contributed by atoms with Crippen LogP contribution < -0.4 is 4.90 Å². The van der Waals surface area contributed by atoms with Gasteiger partial charge in [0, 0.05) is 39.3 Å². The van der Waals surface area contributed by atoms with Gasteiger partial charge in [0.1, 0.15) is 15.8 Å². The summed E-state index contributed by atoms with van der Waals surface area (Å²) in [6.07, 6.45) is 1.12. The third-order valence-electron chi connectivity index (χ3n) is 6.14. The highest BCUT2D eigenvalue weighted by Gasteiger charge is 2.56. The first kappa shape index (κ1) is 22.2. The van der Waals surface area contributed by atoms with Crippen LogP contribution >= 0.6 is 31.9 Å². The third-order valence-corrected chi connectivity index (χ3v) is 8.66. The molecule has 0 radical (unpaired) electrons. The molecule has 0 unspecified atom stereocenters. The van der Waals surface area contributed by atoms with E-state index >= 15 is 0 Å². The number of rotatable bonds is 3. The van der Waals surface area contributed by atoms with Crippen LogP contribution in [0.1, 0.15) is 16.7 Å². The van der Waals surface area contributed by atoms with E-state index in [0.717, 1.165) is 6.26 Å². The van der Waals surface area contributed by atoms with Crippen LogP contribution in [0.5, 0.6) is 5.75 Å². The Hall–Kier alpha value is -2.62. The zero-order chi connectivity index (χ0) is 23.7. The molecule has 3 aromatic carbocycles. The number of hydrogen-bond acceptors (Lipinski definition) is 4. The number of carbonyl (C=O) groups is 1. The minimum atomic E-state index is -3.73. The summed E-state index contributed by atoms with van der Waals surface area (Å²) < 4.78 is 27.8. The Labute approximate surface area is 207 Å². The Morgan fingerprint density at radius 2 is 1.61 bits per heavy atom. The van der Waals surface area contributed by atoms with Crippen molar-refractivity contribution in [1.82, 2.24) is 3.97 Å². The molecule has 1 N–H and O–H groups in total. The average molecular weight is 590 g/mol. The summed E-state index contributed by atoms with van der Waals surface area (Å²) in [5.41, 5.74) is 1.10. The van der Waals surface area contributed by atoms with Gasteiger partial charge in [0.15, 0.2) is 0 Å². The van der Waals surface area contributed by atoms with Crippen LogP contribution in [0.25, 0.3) is 10.9 Å². The Morgan fingerprint density at radius 3 is 2.33 bits per heavy atom. The molecule has 4 aromatic rings. The highest BCUT2D eigenvalue weighted by molar-refractivity contribution is 9.10. The number of hydrogen-bond donors (Lipinski definition) is 1. The van der Waals surface area contributed by atoms with Gasteiger partial charge in [-0.15, -0.1) is 0 Å². The summed E-state index contributed by atoms with van der Waals surface area (Å²) in [6, 6.07) is 19.3. The van der Waals surface area contributed by atoms with Crippen molar-refractivity contribution in [2.24, 2.45) is 0 Å². The number of fused-ring (bicyclic) bond motifs is 2. The number of aromatic hydroxyl groups is 1. The van der Waals surface area contributed by atoms with Gasteiger partial charge in [-0.3, -0.25) is 4.79 Å². The lowest BCUT2D eigenvalue weighted by Gasteiger charge is -2.30. The molecule has 0 fully saturated rings. The minimum absolute atomic E-state index is 0.0697. The van der Waals surface area contributed by atoms with E-state index in [1.807, 2.05) is 24.3 Å². The standard InChI is InChI=1S/C24H18Br2N2O4S/c1-27-19-10-6-4-8-16(19)24(23(27)30,17-13-14(25)11-12-20(17)29)21-15-7-3-5-9-18(15)28(22(21)26)33(2,31)32/h3-13,29H,1-2H3/t24-/m0/s1. The molecule has 1 aliphatic rings. The SMILES string of the molecule is CN1C(=O)[C@@](c2cc(Br)ccc2O)(c2c(Br)n(S(C)(=O)=O)c3ccccc23)c2ccccc21. The first-order valence-electron chi connectivity index (χ1n) is 9.96. The van der Waals surface area contributed by atoms with Gasteiger partial charge < -0.3 is 10.0 Å². The van der Waals surface area contributed by atoms with E-state index in [9.17, 15) is 18.3 Å². The van der Waals surface area contributed by atoms with E-state index in [0.29, 0.717) is 37.8 Å². The predicted octanol–water partition coefficient (Wildman–Crippen LogP) is 4.99. The maximum atomic E-state index is 14.2. The Morgan fingerprint density at radius 1 is 0.939 bits per heavy atom. The smallest absolute Gasteiger partial charge is 0.246 e. The van der Waals surface area contributed by atoms with Crippen LogP contribution in [-0.4, -0.2) is 36.7 Å². The fourth-order valence-corrected chi connectivity index (χ4v) is 7.62. The van der Waals surface area contributed by atoms with Crippen molar-refractivity contribution in [1.29, 1.82) is 0 Å². The fraction of sp³-hybridized carbons (Fsp3) is 0.125. The zero-order valence-corrected chi connectivity index (χ0v) is 21.6. The van der Waals surface area contributed by atoms with E-state index in [1.165, 1.54) is 10.0 Å². The lowest BCUT2D eigenvalue weighted by atomic mass is 9.69. The molecule has 1 aromatic heterocycles. The van der Waals surface area contributed by atoms with Gasteiger partial charge in [-0.25, -0.2) is 12.4 Å². The van der Waals surface area contributed by atoms with Crippen molar-refractivity contribution in [2.45, 2.75) is 5.41 Å². The van der Waals surface area contributed by atoms with E-state index in [4.69, 9.17) is 0 Å². The molecule has 5 rings (SSSR count). The van der Waals surface area contributed by atoms with Gasteiger partial charge in [0.2, 0.25) is 15.9 Å². The number of likely N-dealkylation sites (N-methyl/N-ethyl adjacent to an activating group) is 1. The van der Waals surface area contributed by atoms with Crippen LogP contribution in [0.3, 0.4) is 0 Å². The molecule has 0 saturated heterocycles. The molecule has 0 aliphatic carbocycles. The zero-order valence-electron chi connectivity index (χ0n) is 17.6. The number of carbonyl (C=O) groups excluding carboxylic acids is 1. The maximum Gasteiger partial charge on any atom is 0.246 e. The molecule has 0 saturated carbocycles. The van der Waals surface area contributed by atoms with Gasteiger partial charge in [-0.1, -0.05) is 52.3 Å². The second-order valence-electron chi connectivity index (χ2n) is 8.00. The maximum absolute atomic E-state index is 14.2. The van der Waals surface area contributed by atoms with Gasteiger partial charge >= 0.3 is 0 Å². The largest absolute Gasteiger partial charge is 0.508 e. The number of benzene rings is 3. The summed E-state index contributed by atoms with van der Waals surface area (Å²) in [5, 5.41) is 11.6. The second kappa shape index (κ2) is 7.44. The fourth-order valence-electron chi connectivity index (χ4n) is 4.87. The van der Waals surface area contributed by atoms with Crippen LogP contribution in [0.15, 0.2) is 75.8 Å². The number of phenolic OH excluding ortho intramolecular Hbond substituents is 1. The van der Waals surface area contributed by atoms with Gasteiger partial charge in [0.25, 0.3) is 0 Å². The molecule has 2 heterocycles. The lowest BCUT2D eigenvalue weighted by molar-refractivity contribution is -0.120. The lowest BCUT2D eigenvalue weighted by Crippen LogP contribution is -2.41. The number of amides is 1. The Bertz CT molecular complexity index is 1580. The summed E-state index contributed by atoms with van der Waals surface area (Å²) in [5.74, 6) is -0.367. The monoisotopic (exact) mass is 588 g/mol. The number of aromatic nitrogens is 1. The summed E-state index contributed by atoms with van der Waals surface area (Å²) >= 11 is 7.01. The number of nitrogens with zero attached hydrogens (tertiary/aromatic N) is 2. The second-order valence-corrected chi connectivity index (χ2v) is 11.5. The minimum Gasteiger partial charge on any atom is -0.508 e. The van der Waals surface area contributed by atoms with Crippen molar-refractivity contribution in [3.05, 3.63) is 92.5 Å². The molecule has 0 spiro atoms. The highest BCUT2D eigenvalue weighted by Crippen LogP contribution is 2.56. The summed E-state index contributed by atoms with van der Waals surface area (Å²) in [4.78, 5) is 15.8. The molecule has 1 amide bonds. The van der Waals surface area contributed by atoms with Gasteiger partial charge in [-0.05, 0) is 46.3 Å². The molecule has 6 nitrogen and oxygen atoms in total. The normalized spacial score (nSPS) is 18.2. The van der Waals surface area contributed by atoms with E-state index in [2.05, 4.69) is 31.9 Å². The molecular formula is C24H18Br2N2O4S. The first-order valence-corrected chi connectivity index (χ1v) is 13.4. The van der Waals surface area contributed by atoms with Crippen molar-refractivity contribution in [3.8, 4) is 5.75 Å². The molecule has 0 bridgehead atoms. The van der Waals surface area contributed by atoms with Crippen molar-refractivity contribution in [3.63, 3.8) is 0 Å². The Kier molecular flexibility index (Phi) is 5.00. The summed E-state index contributed by atoms with van der Waals surface area (Å²) in [6.45, 7) is 0. The van der Waals surface area contributed by atoms with Crippen LogP contribution in [0.4, 0.5) is 5.69 Å². The van der Waals surface area contributed by atoms with E-state index in [1.54, 1.807) is 48.3 Å². The Balaban J connectivity index is 2.07. The molecule has 1 atom stereocenters. The quantitative estimate of drug-likeness (QED) is 0.365. The average Bonchev–Trinajstić information content (AvgIpc) is 3.19. The van der Waals surface area contributed by atoms with Crippen molar-refractivity contribution >= 4 is 64.4 Å². The van der Waals surface area contributed by atoms with E-state index in [-0.39, 0.29) is 16.3 Å².